The van der Waals surface area contributed by atoms with Crippen molar-refractivity contribution in [2.24, 2.45) is 16.4 Å². The Balaban J connectivity index is 1.26. The van der Waals surface area contributed by atoms with E-state index in [1.165, 1.54) is 18.2 Å². The quantitative estimate of drug-likeness (QED) is 0.295. The van der Waals surface area contributed by atoms with Gasteiger partial charge in [0.25, 0.3) is 0 Å². The Kier molecular flexibility index (Phi) is 7.89. The highest BCUT2D eigenvalue weighted by atomic mass is 19.1. The summed E-state index contributed by atoms with van der Waals surface area (Å²) in [5, 5.41) is 24.4. The first-order valence-corrected chi connectivity index (χ1v) is 14.5. The molecular weight excluding hydrogens is 578 g/mol. The van der Waals surface area contributed by atoms with Crippen molar-refractivity contribution in [3.63, 3.8) is 0 Å². The fourth-order valence-electron chi connectivity index (χ4n) is 5.45. The number of aliphatic carboxylic acids is 1. The molecule has 2 aromatic carbocycles. The van der Waals surface area contributed by atoms with E-state index >= 15 is 4.39 Å². The molecular formula is C34H30F2N6O3. The second kappa shape index (κ2) is 12.0. The fourth-order valence-corrected chi connectivity index (χ4v) is 5.45. The van der Waals surface area contributed by atoms with Crippen molar-refractivity contribution in [3.05, 3.63) is 99.4 Å². The molecule has 45 heavy (non-hydrogen) atoms. The number of hydrogen-bond acceptors (Lipinski definition) is 7. The highest BCUT2D eigenvalue weighted by molar-refractivity contribution is 5.83. The number of rotatable bonds is 9. The first-order valence-electron chi connectivity index (χ1n) is 14.5. The molecule has 0 radical (unpaired) electrons. The summed E-state index contributed by atoms with van der Waals surface area (Å²) in [6, 6.07) is 16.1. The number of pyridine rings is 1. The van der Waals surface area contributed by atoms with Crippen LogP contribution in [0.25, 0.3) is 23.4 Å². The Morgan fingerprint density at radius 1 is 1.16 bits per heavy atom. The summed E-state index contributed by atoms with van der Waals surface area (Å²) in [4.78, 5) is 21.3. The van der Waals surface area contributed by atoms with E-state index in [2.05, 4.69) is 15.5 Å². The van der Waals surface area contributed by atoms with Crippen molar-refractivity contribution in [1.29, 1.82) is 5.26 Å². The van der Waals surface area contributed by atoms with Gasteiger partial charge in [-0.1, -0.05) is 30.3 Å². The van der Waals surface area contributed by atoms with Gasteiger partial charge >= 0.3 is 5.97 Å². The number of hydrogen-bond donors (Lipinski definition) is 2. The van der Waals surface area contributed by atoms with Crippen LogP contribution in [0.1, 0.15) is 42.8 Å². The monoisotopic (exact) mass is 608 g/mol. The Hall–Kier alpha value is -5.37. The van der Waals surface area contributed by atoms with Crippen molar-refractivity contribution in [2.75, 3.05) is 0 Å². The third-order valence-electron chi connectivity index (χ3n) is 8.34. The summed E-state index contributed by atoms with van der Waals surface area (Å²) >= 11 is 0. The van der Waals surface area contributed by atoms with E-state index < -0.39 is 23.0 Å². The number of benzene rings is 2. The van der Waals surface area contributed by atoms with Gasteiger partial charge in [0.2, 0.25) is 5.88 Å². The van der Waals surface area contributed by atoms with Crippen LogP contribution in [0, 0.1) is 34.3 Å². The van der Waals surface area contributed by atoms with Gasteiger partial charge in [0.15, 0.2) is 0 Å². The molecule has 0 amide bonds. The number of nitrogens with zero attached hydrogens (tertiary/aromatic N) is 5. The molecule has 2 N–H and O–H groups in total. The Morgan fingerprint density at radius 2 is 1.96 bits per heavy atom. The third-order valence-corrected chi connectivity index (χ3v) is 8.34. The van der Waals surface area contributed by atoms with E-state index in [0.29, 0.717) is 46.3 Å². The molecule has 3 atom stereocenters. The van der Waals surface area contributed by atoms with Gasteiger partial charge < -0.3 is 19.8 Å². The standard InChI is InChI=1S/C34H30F2N6O3/c1-20-25(17-38-41-20)18-42-30-15-34(2,33(43)44)11-10-29(30)39-31(42)14-22-8-9-23(13-27(22)36)28-4-3-5-32(40-28)45-19-24-7-6-21(16-37)12-26(24)35/h3-10,12-13,15,17,20,25,41H,11,14,18-19H2,1-2H3,(H,43,44). The maximum absolute atomic E-state index is 15.6. The molecule has 0 saturated carbocycles. The minimum absolute atomic E-state index is 0.0506. The molecule has 1 aliphatic heterocycles. The van der Waals surface area contributed by atoms with E-state index in [1.54, 1.807) is 43.3 Å². The number of nitrogens with one attached hydrogen (secondary N) is 1. The highest BCUT2D eigenvalue weighted by Gasteiger charge is 2.33. The summed E-state index contributed by atoms with van der Waals surface area (Å²) in [5.74, 6) is -0.970. The number of hydrazone groups is 1. The molecule has 0 saturated heterocycles. The van der Waals surface area contributed by atoms with Crippen molar-refractivity contribution >= 4 is 24.3 Å². The number of aromatic nitrogens is 3. The predicted molar refractivity (Wildman–Crippen MR) is 163 cm³/mol. The number of fused-ring (bicyclic) bond motifs is 1. The highest BCUT2D eigenvalue weighted by Crippen LogP contribution is 2.27. The van der Waals surface area contributed by atoms with Gasteiger partial charge in [0.1, 0.15) is 24.1 Å². The summed E-state index contributed by atoms with van der Waals surface area (Å²) in [6.07, 6.45) is 5.94. The number of halogens is 2. The third kappa shape index (κ3) is 6.04. The topological polar surface area (TPSA) is 125 Å². The number of nitriles is 1. The van der Waals surface area contributed by atoms with E-state index in [1.807, 2.05) is 29.9 Å². The van der Waals surface area contributed by atoms with Crippen LogP contribution >= 0.6 is 0 Å². The lowest BCUT2D eigenvalue weighted by molar-refractivity contribution is -0.144. The molecule has 2 aromatic heterocycles. The first kappa shape index (κ1) is 29.7. The molecule has 1 aliphatic carbocycles. The molecule has 3 heterocycles. The summed E-state index contributed by atoms with van der Waals surface area (Å²) < 4.78 is 37.6. The van der Waals surface area contributed by atoms with E-state index in [0.717, 1.165) is 6.07 Å². The molecule has 6 rings (SSSR count). The number of imidazole rings is 1. The molecule has 228 valence electrons. The van der Waals surface area contributed by atoms with Crippen molar-refractivity contribution in [3.8, 4) is 23.2 Å². The second-order valence-corrected chi connectivity index (χ2v) is 11.6. The summed E-state index contributed by atoms with van der Waals surface area (Å²) in [6.45, 7) is 4.14. The summed E-state index contributed by atoms with van der Waals surface area (Å²) in [5.41, 5.74) is 3.93. The van der Waals surface area contributed by atoms with Gasteiger partial charge in [0, 0.05) is 42.3 Å². The Morgan fingerprint density at radius 3 is 2.67 bits per heavy atom. The fraction of sp³-hybridized carbons (Fsp3) is 0.265. The predicted octanol–water partition coefficient (Wildman–Crippen LogP) is 3.91. The van der Waals surface area contributed by atoms with Gasteiger partial charge in [-0.2, -0.15) is 10.4 Å². The van der Waals surface area contributed by atoms with Crippen molar-refractivity contribution in [2.45, 2.75) is 45.9 Å². The van der Waals surface area contributed by atoms with Crippen LogP contribution in [0.3, 0.4) is 0 Å². The van der Waals surface area contributed by atoms with Gasteiger partial charge in [-0.3, -0.25) is 4.79 Å². The molecule has 0 bridgehead atoms. The lowest BCUT2D eigenvalue weighted by Gasteiger charge is -2.22. The van der Waals surface area contributed by atoms with Crippen molar-refractivity contribution < 1.29 is 23.4 Å². The second-order valence-electron chi connectivity index (χ2n) is 11.6. The number of ether oxygens (including phenoxy) is 1. The van der Waals surface area contributed by atoms with Gasteiger partial charge in [-0.25, -0.2) is 18.7 Å². The average Bonchev–Trinajstić information content (AvgIpc) is 3.59. The lowest BCUT2D eigenvalue weighted by atomic mass is 9.84. The van der Waals surface area contributed by atoms with E-state index in [4.69, 9.17) is 15.0 Å². The van der Waals surface area contributed by atoms with Gasteiger partial charge in [-0.15, -0.1) is 0 Å². The van der Waals surface area contributed by atoms with E-state index in [-0.39, 0.29) is 42.0 Å². The average molecular weight is 609 g/mol. The lowest BCUT2D eigenvalue weighted by Crippen LogP contribution is -2.41. The molecule has 4 aromatic rings. The maximum atomic E-state index is 15.6. The van der Waals surface area contributed by atoms with Crippen LogP contribution < -0.4 is 20.9 Å². The Bertz CT molecular complexity index is 2000. The smallest absolute Gasteiger partial charge is 0.313 e. The van der Waals surface area contributed by atoms with Gasteiger partial charge in [-0.05, 0) is 56.2 Å². The van der Waals surface area contributed by atoms with Crippen LogP contribution in [0.2, 0.25) is 0 Å². The maximum Gasteiger partial charge on any atom is 0.313 e. The number of carboxylic acid groups (broad SMARTS) is 1. The van der Waals surface area contributed by atoms with Crippen molar-refractivity contribution in [1.82, 2.24) is 20.0 Å². The SMILES string of the molecule is CC1NN=CC1Cn1c(Cc2ccc(-c3cccc(OCc4ccc(C#N)cc4F)n3)cc2F)nc2c1=CC(C)(C(=O)O)CC=2. The zero-order valence-electron chi connectivity index (χ0n) is 24.7. The first-order chi connectivity index (χ1) is 21.6. The molecule has 9 nitrogen and oxygen atoms in total. The zero-order valence-corrected chi connectivity index (χ0v) is 24.7. The van der Waals surface area contributed by atoms with Crippen LogP contribution in [-0.4, -0.2) is 37.9 Å². The number of carboxylic acids is 1. The van der Waals surface area contributed by atoms with Gasteiger partial charge in [0.05, 0.1) is 39.5 Å². The number of carbonyl (C=O) groups is 1. The Labute approximate surface area is 257 Å². The molecule has 2 aliphatic rings. The molecule has 0 spiro atoms. The largest absolute Gasteiger partial charge is 0.481 e. The minimum atomic E-state index is -1.07. The van der Waals surface area contributed by atoms with Crippen LogP contribution in [0.5, 0.6) is 5.88 Å². The van der Waals surface area contributed by atoms with Crippen LogP contribution in [0.15, 0.2) is 59.7 Å². The zero-order chi connectivity index (χ0) is 31.7. The summed E-state index contributed by atoms with van der Waals surface area (Å²) in [7, 11) is 0. The molecule has 0 fully saturated rings. The van der Waals surface area contributed by atoms with Crippen LogP contribution in [0.4, 0.5) is 8.78 Å². The van der Waals surface area contributed by atoms with E-state index in [9.17, 15) is 14.3 Å². The molecule has 11 heteroatoms. The minimum Gasteiger partial charge on any atom is -0.481 e. The van der Waals surface area contributed by atoms with Crippen LogP contribution in [-0.2, 0) is 24.4 Å². The normalized spacial score (nSPS) is 20.0. The molecule has 3 unspecified atom stereocenters.